The highest BCUT2D eigenvalue weighted by molar-refractivity contribution is 7.86. The van der Waals surface area contributed by atoms with E-state index in [2.05, 4.69) is 0 Å². The number of benzene rings is 1. The fraction of sp³-hybridized carbons (Fsp3) is 0.538. The van der Waals surface area contributed by atoms with Crippen LogP contribution in [0.25, 0.3) is 0 Å². The highest BCUT2D eigenvalue weighted by atomic mass is 32.2. The van der Waals surface area contributed by atoms with Crippen molar-refractivity contribution in [1.29, 1.82) is 0 Å². The Balaban J connectivity index is 2.24. The Morgan fingerprint density at radius 2 is 1.73 bits per heavy atom. The minimum atomic E-state index is -4.27. The molecule has 9 heteroatoms. The van der Waals surface area contributed by atoms with Gasteiger partial charge in [-0.05, 0) is 19.1 Å². The fourth-order valence-electron chi connectivity index (χ4n) is 2.09. The summed E-state index contributed by atoms with van der Waals surface area (Å²) in [6, 6.07) is 5.78. The molecule has 0 spiro atoms. The third-order valence-electron chi connectivity index (χ3n) is 3.39. The van der Waals surface area contributed by atoms with Crippen molar-refractivity contribution >= 4 is 10.1 Å². The summed E-state index contributed by atoms with van der Waals surface area (Å²) < 4.78 is 34.0. The van der Waals surface area contributed by atoms with Crippen molar-refractivity contribution in [2.24, 2.45) is 0 Å². The molecule has 2 rings (SSSR count). The van der Waals surface area contributed by atoms with Gasteiger partial charge in [0.25, 0.3) is 10.1 Å². The summed E-state index contributed by atoms with van der Waals surface area (Å²) in [7, 11) is -4.27. The second kappa shape index (κ2) is 6.59. The summed E-state index contributed by atoms with van der Waals surface area (Å²) in [6.45, 7) is 1.11. The summed E-state index contributed by atoms with van der Waals surface area (Å²) >= 11 is 0. The second-order valence-corrected chi connectivity index (χ2v) is 6.63. The molecule has 0 amide bonds. The quantitative estimate of drug-likeness (QED) is 0.489. The second-order valence-electron chi connectivity index (χ2n) is 5.06. The van der Waals surface area contributed by atoms with Gasteiger partial charge in [0.2, 0.25) is 0 Å². The topological polar surface area (TPSA) is 134 Å². The zero-order valence-electron chi connectivity index (χ0n) is 11.7. The lowest BCUT2D eigenvalue weighted by molar-refractivity contribution is -0.281. The first kappa shape index (κ1) is 17.3. The molecule has 0 unspecified atom stereocenters. The van der Waals surface area contributed by atoms with E-state index < -0.39 is 47.4 Å². The Morgan fingerprint density at radius 3 is 2.27 bits per heavy atom. The lowest BCUT2D eigenvalue weighted by Gasteiger charge is -2.39. The maximum atomic E-state index is 12.2. The molecule has 1 aromatic carbocycles. The van der Waals surface area contributed by atoms with Crippen molar-refractivity contribution in [3.05, 3.63) is 29.8 Å². The van der Waals surface area contributed by atoms with Crippen LogP contribution >= 0.6 is 0 Å². The van der Waals surface area contributed by atoms with E-state index in [4.69, 9.17) is 14.0 Å². The molecule has 1 aliphatic rings. The average Bonchev–Trinajstić information content (AvgIpc) is 2.48. The van der Waals surface area contributed by atoms with Gasteiger partial charge in [-0.2, -0.15) is 8.42 Å². The minimum Gasteiger partial charge on any atom is -0.394 e. The summed E-state index contributed by atoms with van der Waals surface area (Å²) in [5, 5.41) is 38.2. The Labute approximate surface area is 127 Å². The van der Waals surface area contributed by atoms with Crippen LogP contribution in [-0.4, -0.2) is 66.2 Å². The number of aryl methyl sites for hydroxylation is 1. The minimum absolute atomic E-state index is 0.154. The monoisotopic (exact) mass is 334 g/mol. The molecule has 22 heavy (non-hydrogen) atoms. The normalized spacial score (nSPS) is 32.9. The van der Waals surface area contributed by atoms with Gasteiger partial charge in [-0.3, -0.25) is 4.18 Å². The van der Waals surface area contributed by atoms with E-state index in [1.54, 1.807) is 19.1 Å². The maximum Gasteiger partial charge on any atom is 0.297 e. The van der Waals surface area contributed by atoms with Gasteiger partial charge < -0.3 is 25.2 Å². The molecular formula is C13H18O8S. The average molecular weight is 334 g/mol. The van der Waals surface area contributed by atoms with Crippen LogP contribution in [0.5, 0.6) is 0 Å². The third-order valence-corrected chi connectivity index (χ3v) is 4.71. The van der Waals surface area contributed by atoms with Crippen LogP contribution in [0.4, 0.5) is 0 Å². The van der Waals surface area contributed by atoms with Crippen LogP contribution in [0.2, 0.25) is 0 Å². The van der Waals surface area contributed by atoms with Crippen LogP contribution in [0.1, 0.15) is 5.56 Å². The molecule has 8 nitrogen and oxygen atoms in total. The largest absolute Gasteiger partial charge is 0.394 e. The molecule has 5 atom stereocenters. The molecule has 0 aliphatic carbocycles. The molecule has 0 saturated carbocycles. The molecule has 1 aliphatic heterocycles. The number of aliphatic hydroxyl groups excluding tert-OH is 4. The number of hydrogen-bond acceptors (Lipinski definition) is 8. The van der Waals surface area contributed by atoms with Gasteiger partial charge in [0.15, 0.2) is 6.29 Å². The lowest BCUT2D eigenvalue weighted by Crippen LogP contribution is -2.59. The van der Waals surface area contributed by atoms with Crippen molar-refractivity contribution in [3.8, 4) is 0 Å². The molecule has 1 fully saturated rings. The van der Waals surface area contributed by atoms with E-state index in [1.165, 1.54) is 12.1 Å². The summed E-state index contributed by atoms with van der Waals surface area (Å²) in [5.41, 5.74) is 0.848. The summed E-state index contributed by atoms with van der Waals surface area (Å²) in [5.74, 6) is 0. The van der Waals surface area contributed by atoms with Crippen LogP contribution in [0, 0.1) is 6.92 Å². The predicted octanol–water partition coefficient (Wildman–Crippen LogP) is -1.50. The van der Waals surface area contributed by atoms with Crippen LogP contribution in [0.3, 0.4) is 0 Å². The van der Waals surface area contributed by atoms with Gasteiger partial charge in [-0.1, -0.05) is 17.7 Å². The van der Waals surface area contributed by atoms with Crippen molar-refractivity contribution in [3.63, 3.8) is 0 Å². The van der Waals surface area contributed by atoms with Crippen molar-refractivity contribution in [1.82, 2.24) is 0 Å². The first-order valence-electron chi connectivity index (χ1n) is 6.57. The van der Waals surface area contributed by atoms with Crippen molar-refractivity contribution in [2.45, 2.75) is 42.5 Å². The van der Waals surface area contributed by atoms with Crippen molar-refractivity contribution < 1.29 is 37.8 Å². The smallest absolute Gasteiger partial charge is 0.297 e. The van der Waals surface area contributed by atoms with Gasteiger partial charge in [0.1, 0.15) is 24.4 Å². The first-order valence-corrected chi connectivity index (χ1v) is 7.97. The first-order chi connectivity index (χ1) is 10.3. The standard InChI is InChI=1S/C13H18O8S/c1-7-2-4-8(5-3-7)22(18,19)21-12-10(15)9(6-14)20-13(17)11(12)16/h2-5,9-17H,6H2,1H3/t9-,10+,11+,12-,13-/m0/s1. The summed E-state index contributed by atoms with van der Waals surface area (Å²) in [4.78, 5) is -0.154. The predicted molar refractivity (Wildman–Crippen MR) is 73.2 cm³/mol. The van der Waals surface area contributed by atoms with Crippen molar-refractivity contribution in [2.75, 3.05) is 6.61 Å². The van der Waals surface area contributed by atoms with Gasteiger partial charge >= 0.3 is 0 Å². The third kappa shape index (κ3) is 3.46. The van der Waals surface area contributed by atoms with E-state index >= 15 is 0 Å². The number of rotatable bonds is 4. The Hall–Kier alpha value is -1.07. The zero-order valence-corrected chi connectivity index (χ0v) is 12.5. The van der Waals surface area contributed by atoms with E-state index in [9.17, 15) is 23.7 Å². The molecule has 1 aromatic rings. The maximum absolute atomic E-state index is 12.2. The zero-order chi connectivity index (χ0) is 16.5. The van der Waals surface area contributed by atoms with E-state index in [0.717, 1.165) is 5.56 Å². The number of hydrogen-bond donors (Lipinski definition) is 4. The van der Waals surface area contributed by atoms with Gasteiger partial charge in [-0.15, -0.1) is 0 Å². The molecule has 0 aromatic heterocycles. The van der Waals surface area contributed by atoms with Crippen LogP contribution < -0.4 is 0 Å². The van der Waals surface area contributed by atoms with Crippen LogP contribution in [0.15, 0.2) is 29.2 Å². The van der Waals surface area contributed by atoms with Gasteiger partial charge in [0, 0.05) is 0 Å². The Bertz CT molecular complexity index is 599. The van der Waals surface area contributed by atoms with Crippen LogP contribution in [-0.2, 0) is 19.0 Å². The number of ether oxygens (including phenoxy) is 1. The molecular weight excluding hydrogens is 316 g/mol. The highest BCUT2D eigenvalue weighted by Gasteiger charge is 2.46. The summed E-state index contributed by atoms with van der Waals surface area (Å²) in [6.07, 6.45) is -8.11. The number of aliphatic hydroxyl groups is 4. The molecule has 4 N–H and O–H groups in total. The lowest BCUT2D eigenvalue weighted by atomic mass is 9.99. The molecule has 124 valence electrons. The van der Waals surface area contributed by atoms with Gasteiger partial charge in [0.05, 0.1) is 11.5 Å². The van der Waals surface area contributed by atoms with Gasteiger partial charge in [-0.25, -0.2) is 0 Å². The highest BCUT2D eigenvalue weighted by Crippen LogP contribution is 2.26. The SMILES string of the molecule is Cc1ccc(S(=O)(=O)O[C@@H]2[C@@H](O)[C@@H](O)O[C@@H](CO)[C@H]2O)cc1. The van der Waals surface area contributed by atoms with E-state index in [-0.39, 0.29) is 4.90 Å². The Kier molecular flexibility index (Phi) is 5.17. The Morgan fingerprint density at radius 1 is 1.14 bits per heavy atom. The molecule has 0 radical (unpaired) electrons. The molecule has 0 bridgehead atoms. The molecule has 1 saturated heterocycles. The molecule has 1 heterocycles. The van der Waals surface area contributed by atoms with E-state index in [0.29, 0.717) is 0 Å². The van der Waals surface area contributed by atoms with E-state index in [1.807, 2.05) is 0 Å². The fourth-order valence-corrected chi connectivity index (χ4v) is 3.19.